The molecular weight excluding hydrogens is 376 g/mol. The molecule has 29 heavy (non-hydrogen) atoms. The van der Waals surface area contributed by atoms with Crippen LogP contribution < -0.4 is 5.32 Å². The van der Waals surface area contributed by atoms with Gasteiger partial charge in [-0.1, -0.05) is 36.4 Å². The van der Waals surface area contributed by atoms with Crippen LogP contribution in [-0.2, 0) is 17.6 Å². The monoisotopic (exact) mass is 405 g/mol. The second-order valence-electron chi connectivity index (χ2n) is 7.95. The molecule has 0 bridgehead atoms. The van der Waals surface area contributed by atoms with E-state index in [0.29, 0.717) is 5.56 Å². The van der Waals surface area contributed by atoms with Crippen molar-refractivity contribution in [1.82, 2.24) is 5.32 Å². The van der Waals surface area contributed by atoms with E-state index in [1.165, 1.54) is 11.6 Å². The van der Waals surface area contributed by atoms with Gasteiger partial charge in [-0.3, -0.25) is 4.79 Å². The number of nitrogens with one attached hydrogen (secondary N) is 1. The third kappa shape index (κ3) is 7.22. The van der Waals surface area contributed by atoms with Crippen molar-refractivity contribution in [3.05, 3.63) is 70.8 Å². The lowest BCUT2D eigenvalue weighted by atomic mass is 9.93. The Kier molecular flexibility index (Phi) is 8.29. The summed E-state index contributed by atoms with van der Waals surface area (Å²) in [5.74, 6) is -3.21. The lowest BCUT2D eigenvalue weighted by molar-refractivity contribution is -0.136. The number of carbonyl (C=O) groups is 1. The molecule has 0 spiro atoms. The van der Waals surface area contributed by atoms with Crippen molar-refractivity contribution >= 4 is 5.97 Å². The predicted octanol–water partition coefficient (Wildman–Crippen LogP) is 4.41. The van der Waals surface area contributed by atoms with Gasteiger partial charge in [-0.05, 0) is 56.7 Å². The van der Waals surface area contributed by atoms with Gasteiger partial charge < -0.3 is 15.5 Å². The van der Waals surface area contributed by atoms with E-state index in [0.717, 1.165) is 25.3 Å². The van der Waals surface area contributed by atoms with Gasteiger partial charge in [0, 0.05) is 24.1 Å². The Morgan fingerprint density at radius 3 is 2.45 bits per heavy atom. The average Bonchev–Trinajstić information content (AvgIpc) is 2.67. The number of carboxylic acids is 1. The van der Waals surface area contributed by atoms with E-state index in [4.69, 9.17) is 5.11 Å². The number of carboxylic acid groups (broad SMARTS) is 1. The largest absolute Gasteiger partial charge is 0.481 e. The van der Waals surface area contributed by atoms with Gasteiger partial charge in [-0.25, -0.2) is 8.78 Å². The lowest BCUT2D eigenvalue weighted by Crippen LogP contribution is -2.41. The number of rotatable bonds is 11. The second-order valence-corrected chi connectivity index (χ2v) is 7.95. The van der Waals surface area contributed by atoms with Crippen molar-refractivity contribution in [2.24, 2.45) is 0 Å². The minimum Gasteiger partial charge on any atom is -0.481 e. The van der Waals surface area contributed by atoms with Crippen LogP contribution in [0.3, 0.4) is 0 Å². The fourth-order valence-electron chi connectivity index (χ4n) is 3.37. The van der Waals surface area contributed by atoms with E-state index in [1.54, 1.807) is 0 Å². The molecule has 2 rings (SSSR count). The summed E-state index contributed by atoms with van der Waals surface area (Å²) in [6, 6.07) is 12.4. The highest BCUT2D eigenvalue weighted by Gasteiger charge is 2.24. The highest BCUT2D eigenvalue weighted by molar-refractivity contribution is 5.67. The third-order valence-corrected chi connectivity index (χ3v) is 5.05. The lowest BCUT2D eigenvalue weighted by Gasteiger charge is -2.28. The van der Waals surface area contributed by atoms with Crippen LogP contribution in [0, 0.1) is 11.6 Å². The summed E-state index contributed by atoms with van der Waals surface area (Å²) < 4.78 is 28.0. The highest BCUT2D eigenvalue weighted by Crippen LogP contribution is 2.26. The minimum absolute atomic E-state index is 0.0272. The number of halogens is 2. The van der Waals surface area contributed by atoms with Crippen molar-refractivity contribution in [3.8, 4) is 0 Å². The Balaban J connectivity index is 1.97. The smallest absolute Gasteiger partial charge is 0.303 e. The Labute approximate surface area is 170 Å². The van der Waals surface area contributed by atoms with Crippen LogP contribution >= 0.6 is 0 Å². The summed E-state index contributed by atoms with van der Waals surface area (Å²) in [5, 5.41) is 22.6. The first-order chi connectivity index (χ1) is 13.7. The maximum atomic E-state index is 14.3. The van der Waals surface area contributed by atoms with Crippen molar-refractivity contribution in [2.45, 2.75) is 57.6 Å². The molecule has 158 valence electrons. The first-order valence-electron chi connectivity index (χ1n) is 9.85. The van der Waals surface area contributed by atoms with Crippen molar-refractivity contribution in [2.75, 3.05) is 6.54 Å². The minimum atomic E-state index is -1.28. The van der Waals surface area contributed by atoms with Crippen LogP contribution in [0.4, 0.5) is 8.78 Å². The molecule has 0 saturated heterocycles. The fraction of sp³-hybridized carbons (Fsp3) is 0.435. The summed E-state index contributed by atoms with van der Waals surface area (Å²) in [6.45, 7) is 4.04. The fourth-order valence-corrected chi connectivity index (χ4v) is 3.37. The van der Waals surface area contributed by atoms with E-state index in [9.17, 15) is 18.7 Å². The molecule has 0 aliphatic rings. The zero-order chi connectivity index (χ0) is 21.4. The maximum Gasteiger partial charge on any atom is 0.303 e. The van der Waals surface area contributed by atoms with Gasteiger partial charge in [0.05, 0.1) is 6.10 Å². The maximum absolute atomic E-state index is 14.3. The Morgan fingerprint density at radius 2 is 1.79 bits per heavy atom. The normalized spacial score (nSPS) is 12.7. The van der Waals surface area contributed by atoms with Crippen LogP contribution in [0.25, 0.3) is 0 Å². The third-order valence-electron chi connectivity index (χ3n) is 5.05. The van der Waals surface area contributed by atoms with Gasteiger partial charge in [0.2, 0.25) is 0 Å². The molecule has 0 heterocycles. The number of benzene rings is 2. The number of aliphatic hydroxyl groups is 1. The molecule has 3 N–H and O–H groups in total. The van der Waals surface area contributed by atoms with Gasteiger partial charge in [0.15, 0.2) is 11.6 Å². The standard InChI is InChI=1S/C23H29F2NO3/c1-23(2,14-6-9-16-7-4-3-5-8-16)26-15-19(27)21-17(11-13-20(28)29)10-12-18(24)22(21)25/h3-5,7-8,10,12,19,26-27H,6,9,11,13-15H2,1-2H3,(H,28,29)/t19-/m1/s1. The number of aliphatic carboxylic acids is 1. The molecule has 0 aromatic heterocycles. The van der Waals surface area contributed by atoms with Crippen LogP contribution in [0.2, 0.25) is 0 Å². The van der Waals surface area contributed by atoms with E-state index in [-0.39, 0.29) is 30.5 Å². The molecule has 2 aromatic rings. The average molecular weight is 405 g/mol. The summed E-state index contributed by atoms with van der Waals surface area (Å²) in [4.78, 5) is 10.8. The molecule has 1 atom stereocenters. The molecule has 0 unspecified atom stereocenters. The first-order valence-corrected chi connectivity index (χ1v) is 9.85. The molecule has 0 radical (unpaired) electrons. The number of aliphatic hydroxyl groups excluding tert-OH is 1. The molecular formula is C23H29F2NO3. The van der Waals surface area contributed by atoms with Crippen LogP contribution in [0.15, 0.2) is 42.5 Å². The Bertz CT molecular complexity index is 809. The zero-order valence-electron chi connectivity index (χ0n) is 16.9. The number of hydrogen-bond donors (Lipinski definition) is 3. The van der Waals surface area contributed by atoms with Crippen molar-refractivity contribution < 1.29 is 23.8 Å². The molecule has 0 aliphatic heterocycles. The second kappa shape index (κ2) is 10.5. The molecule has 0 aliphatic carbocycles. The van der Waals surface area contributed by atoms with Crippen LogP contribution in [0.5, 0.6) is 0 Å². The molecule has 0 saturated carbocycles. The van der Waals surface area contributed by atoms with Gasteiger partial charge in [0.25, 0.3) is 0 Å². The van der Waals surface area contributed by atoms with Crippen LogP contribution in [0.1, 0.15) is 55.9 Å². The molecule has 0 fully saturated rings. The van der Waals surface area contributed by atoms with Crippen LogP contribution in [-0.4, -0.2) is 28.3 Å². The highest BCUT2D eigenvalue weighted by atomic mass is 19.2. The molecule has 0 amide bonds. The molecule has 6 heteroatoms. The summed E-state index contributed by atoms with van der Waals surface area (Å²) in [6.07, 6.45) is 1.25. The molecule has 2 aromatic carbocycles. The quantitative estimate of drug-likeness (QED) is 0.518. The Hall–Kier alpha value is -2.31. The van der Waals surface area contributed by atoms with Gasteiger partial charge in [-0.15, -0.1) is 0 Å². The summed E-state index contributed by atoms with van der Waals surface area (Å²) >= 11 is 0. The number of aryl methyl sites for hydroxylation is 2. The zero-order valence-corrected chi connectivity index (χ0v) is 16.9. The SMILES string of the molecule is CC(C)(CCCc1ccccc1)NC[C@@H](O)c1c(CCC(=O)O)ccc(F)c1F. The van der Waals surface area contributed by atoms with Crippen molar-refractivity contribution in [1.29, 1.82) is 0 Å². The van der Waals surface area contributed by atoms with E-state index in [1.807, 2.05) is 32.0 Å². The topological polar surface area (TPSA) is 69.6 Å². The predicted molar refractivity (Wildman–Crippen MR) is 109 cm³/mol. The first kappa shape index (κ1) is 23.0. The van der Waals surface area contributed by atoms with E-state index >= 15 is 0 Å². The van der Waals surface area contributed by atoms with Crippen molar-refractivity contribution in [3.63, 3.8) is 0 Å². The summed E-state index contributed by atoms with van der Waals surface area (Å²) in [5.41, 5.74) is 1.09. The van der Waals surface area contributed by atoms with Gasteiger partial charge in [-0.2, -0.15) is 0 Å². The van der Waals surface area contributed by atoms with Gasteiger partial charge in [0.1, 0.15) is 0 Å². The van der Waals surface area contributed by atoms with Gasteiger partial charge >= 0.3 is 5.97 Å². The Morgan fingerprint density at radius 1 is 1.10 bits per heavy atom. The number of β-amino-alcohol motifs (C(OH)–C–C–N with tert-alkyl or cyclic N) is 1. The van der Waals surface area contributed by atoms with E-state index < -0.39 is 23.7 Å². The van der Waals surface area contributed by atoms with E-state index in [2.05, 4.69) is 17.4 Å². The summed E-state index contributed by atoms with van der Waals surface area (Å²) in [7, 11) is 0. The molecule has 4 nitrogen and oxygen atoms in total. The number of hydrogen-bond acceptors (Lipinski definition) is 3.